The first-order chi connectivity index (χ1) is 12.8. The summed E-state index contributed by atoms with van der Waals surface area (Å²) in [6.07, 6.45) is 3.17. The van der Waals surface area contributed by atoms with Gasteiger partial charge in [0.1, 0.15) is 0 Å². The topological polar surface area (TPSA) is 65.1 Å². The lowest BCUT2D eigenvalue weighted by molar-refractivity contribution is 0.224. The van der Waals surface area contributed by atoms with Crippen LogP contribution in [0.1, 0.15) is 29.5 Å². The average molecular weight is 365 g/mol. The highest BCUT2D eigenvalue weighted by Gasteiger charge is 2.23. The van der Waals surface area contributed by atoms with Crippen LogP contribution in [0.25, 0.3) is 0 Å². The predicted molar refractivity (Wildman–Crippen MR) is 107 cm³/mol. The lowest BCUT2D eigenvalue weighted by Gasteiger charge is -2.33. The second-order valence-corrected chi connectivity index (χ2v) is 8.13. The van der Waals surface area contributed by atoms with Gasteiger partial charge in [-0.25, -0.2) is 0 Å². The maximum atomic E-state index is 9.45. The standard InChI is InChI=1S/C21H24N4S/c22-7-10-25-8-5-17(6-9-25)24-19-11-15(14-23)12-21-18(19)13-16-3-1-2-4-20(16)26-21/h1-4,11-12,17,24H,5-10,13,22H2. The molecule has 1 fully saturated rings. The smallest absolute Gasteiger partial charge is 0.0992 e. The third-order valence-electron chi connectivity index (χ3n) is 5.29. The Bertz CT molecular complexity index is 834. The minimum atomic E-state index is 0.462. The second-order valence-electron chi connectivity index (χ2n) is 7.05. The molecule has 4 rings (SSSR count). The molecule has 0 aliphatic carbocycles. The molecule has 0 aromatic heterocycles. The van der Waals surface area contributed by atoms with E-state index in [2.05, 4.69) is 40.6 Å². The zero-order chi connectivity index (χ0) is 17.9. The van der Waals surface area contributed by atoms with Crippen molar-refractivity contribution in [1.82, 2.24) is 4.90 Å². The molecule has 5 heteroatoms. The third-order valence-corrected chi connectivity index (χ3v) is 6.49. The van der Waals surface area contributed by atoms with Gasteiger partial charge in [0.2, 0.25) is 0 Å². The Kier molecular flexibility index (Phi) is 5.16. The van der Waals surface area contributed by atoms with E-state index in [0.29, 0.717) is 6.04 Å². The van der Waals surface area contributed by atoms with Crippen molar-refractivity contribution >= 4 is 17.4 Å². The van der Waals surface area contributed by atoms with E-state index in [1.807, 2.05) is 12.1 Å². The van der Waals surface area contributed by atoms with Gasteiger partial charge >= 0.3 is 0 Å². The van der Waals surface area contributed by atoms with E-state index in [4.69, 9.17) is 5.73 Å². The summed E-state index contributed by atoms with van der Waals surface area (Å²) < 4.78 is 0. The van der Waals surface area contributed by atoms with Crippen molar-refractivity contribution in [2.24, 2.45) is 5.73 Å². The van der Waals surface area contributed by atoms with Crippen LogP contribution in [0.4, 0.5) is 5.69 Å². The molecule has 2 aromatic carbocycles. The fourth-order valence-corrected chi connectivity index (χ4v) is 5.02. The zero-order valence-corrected chi connectivity index (χ0v) is 15.7. The first-order valence-electron chi connectivity index (χ1n) is 9.28. The van der Waals surface area contributed by atoms with E-state index in [9.17, 15) is 5.26 Å². The Hall–Kier alpha value is -2.00. The van der Waals surface area contributed by atoms with Crippen molar-refractivity contribution in [2.45, 2.75) is 35.1 Å². The molecule has 26 heavy (non-hydrogen) atoms. The first kappa shape index (κ1) is 17.4. The number of nitriles is 1. The average Bonchev–Trinajstić information content (AvgIpc) is 2.68. The summed E-state index contributed by atoms with van der Waals surface area (Å²) in [5.41, 5.74) is 10.2. The lowest BCUT2D eigenvalue weighted by Crippen LogP contribution is -2.41. The fourth-order valence-electron chi connectivity index (χ4n) is 3.87. The molecule has 0 bridgehead atoms. The van der Waals surface area contributed by atoms with Gasteiger partial charge in [-0.3, -0.25) is 0 Å². The van der Waals surface area contributed by atoms with Crippen molar-refractivity contribution in [3.8, 4) is 6.07 Å². The number of hydrogen-bond donors (Lipinski definition) is 2. The molecule has 2 aliphatic heterocycles. The molecule has 4 nitrogen and oxygen atoms in total. The Morgan fingerprint density at radius 3 is 2.77 bits per heavy atom. The molecule has 134 valence electrons. The maximum absolute atomic E-state index is 9.45. The zero-order valence-electron chi connectivity index (χ0n) is 14.9. The van der Waals surface area contributed by atoms with Gasteiger partial charge in [-0.15, -0.1) is 0 Å². The quantitative estimate of drug-likeness (QED) is 0.742. The third kappa shape index (κ3) is 3.59. The summed E-state index contributed by atoms with van der Waals surface area (Å²) in [4.78, 5) is 4.95. The molecule has 0 radical (unpaired) electrons. The molecule has 0 amide bonds. The van der Waals surface area contributed by atoms with Crippen LogP contribution in [-0.2, 0) is 6.42 Å². The van der Waals surface area contributed by atoms with Crippen LogP contribution in [0.2, 0.25) is 0 Å². The Morgan fingerprint density at radius 2 is 2.00 bits per heavy atom. The molecule has 0 saturated carbocycles. The van der Waals surface area contributed by atoms with Crippen LogP contribution in [0.5, 0.6) is 0 Å². The van der Waals surface area contributed by atoms with E-state index in [-0.39, 0.29) is 0 Å². The second kappa shape index (κ2) is 7.71. The van der Waals surface area contributed by atoms with Gasteiger partial charge in [-0.2, -0.15) is 5.26 Å². The molecule has 2 aliphatic rings. The summed E-state index contributed by atoms with van der Waals surface area (Å²) in [7, 11) is 0. The van der Waals surface area contributed by atoms with Crippen LogP contribution < -0.4 is 11.1 Å². The number of nitrogens with one attached hydrogen (secondary N) is 1. The van der Waals surface area contributed by atoms with E-state index >= 15 is 0 Å². The fraction of sp³-hybridized carbons (Fsp3) is 0.381. The Morgan fingerprint density at radius 1 is 1.19 bits per heavy atom. The molecule has 2 heterocycles. The number of hydrogen-bond acceptors (Lipinski definition) is 5. The number of fused-ring (bicyclic) bond motifs is 2. The summed E-state index contributed by atoms with van der Waals surface area (Å²) in [5, 5.41) is 13.2. The number of anilines is 1. The van der Waals surface area contributed by atoms with Gasteiger partial charge in [0.25, 0.3) is 0 Å². The van der Waals surface area contributed by atoms with Gasteiger partial charge in [0.05, 0.1) is 11.6 Å². The van der Waals surface area contributed by atoms with Crippen molar-refractivity contribution < 1.29 is 0 Å². The Balaban J connectivity index is 1.57. The number of nitrogens with zero attached hydrogens (tertiary/aromatic N) is 2. The van der Waals surface area contributed by atoms with Crippen molar-refractivity contribution in [3.63, 3.8) is 0 Å². The van der Waals surface area contributed by atoms with Crippen LogP contribution in [0, 0.1) is 11.3 Å². The maximum Gasteiger partial charge on any atom is 0.0992 e. The highest BCUT2D eigenvalue weighted by atomic mass is 32.2. The monoisotopic (exact) mass is 364 g/mol. The van der Waals surface area contributed by atoms with E-state index in [0.717, 1.165) is 56.7 Å². The minimum absolute atomic E-state index is 0.462. The molecule has 3 N–H and O–H groups in total. The van der Waals surface area contributed by atoms with Crippen LogP contribution in [-0.4, -0.2) is 37.1 Å². The van der Waals surface area contributed by atoms with Crippen molar-refractivity contribution in [3.05, 3.63) is 53.1 Å². The van der Waals surface area contributed by atoms with Gasteiger partial charge < -0.3 is 16.0 Å². The van der Waals surface area contributed by atoms with E-state index in [1.54, 1.807) is 11.8 Å². The van der Waals surface area contributed by atoms with Gasteiger partial charge in [-0.05, 0) is 42.2 Å². The molecule has 1 saturated heterocycles. The molecule has 0 unspecified atom stereocenters. The molecular formula is C21H24N4S. The molecule has 2 aromatic rings. The van der Waals surface area contributed by atoms with Crippen molar-refractivity contribution in [2.75, 3.05) is 31.5 Å². The van der Waals surface area contributed by atoms with Crippen LogP contribution in [0.3, 0.4) is 0 Å². The summed E-state index contributed by atoms with van der Waals surface area (Å²) >= 11 is 1.78. The highest BCUT2D eigenvalue weighted by Crippen LogP contribution is 2.43. The predicted octanol–water partition coefficient (Wildman–Crippen LogP) is 3.45. The number of nitrogens with two attached hydrogens (primary N) is 1. The van der Waals surface area contributed by atoms with E-state index in [1.165, 1.54) is 20.9 Å². The first-order valence-corrected chi connectivity index (χ1v) is 10.1. The summed E-state index contributed by atoms with van der Waals surface area (Å²) in [5.74, 6) is 0. The van der Waals surface area contributed by atoms with Gasteiger partial charge in [-0.1, -0.05) is 30.0 Å². The normalized spacial score (nSPS) is 17.2. The SMILES string of the molecule is N#Cc1cc(NC2CCN(CCN)CC2)c2c(c1)Sc1ccccc1C2. The van der Waals surface area contributed by atoms with Crippen LogP contribution in [0.15, 0.2) is 46.2 Å². The van der Waals surface area contributed by atoms with Crippen molar-refractivity contribution in [1.29, 1.82) is 5.26 Å². The minimum Gasteiger partial charge on any atom is -0.382 e. The number of rotatable bonds is 4. The van der Waals surface area contributed by atoms with E-state index < -0.39 is 0 Å². The highest BCUT2D eigenvalue weighted by molar-refractivity contribution is 7.99. The molecule has 0 atom stereocenters. The van der Waals surface area contributed by atoms with Gasteiger partial charge in [0.15, 0.2) is 0 Å². The molecule has 0 spiro atoms. The number of likely N-dealkylation sites (tertiary alicyclic amines) is 1. The number of benzene rings is 2. The van der Waals surface area contributed by atoms with Gasteiger partial charge in [0, 0.05) is 54.1 Å². The summed E-state index contributed by atoms with van der Waals surface area (Å²) in [6.45, 7) is 3.89. The van der Waals surface area contributed by atoms with Crippen LogP contribution >= 0.6 is 11.8 Å². The number of piperidine rings is 1. The molecular weight excluding hydrogens is 340 g/mol. The largest absolute Gasteiger partial charge is 0.382 e. The Labute approximate surface area is 159 Å². The summed E-state index contributed by atoms with van der Waals surface area (Å²) in [6, 6.07) is 15.4. The lowest BCUT2D eigenvalue weighted by atomic mass is 9.98.